The summed E-state index contributed by atoms with van der Waals surface area (Å²) in [5.41, 5.74) is -0.253. The Kier molecular flexibility index (Phi) is 4.82. The first-order valence-corrected chi connectivity index (χ1v) is 7.14. The quantitative estimate of drug-likeness (QED) is 0.598. The summed E-state index contributed by atoms with van der Waals surface area (Å²) < 4.78 is 0.704. The first-order chi connectivity index (χ1) is 9.90. The Balaban J connectivity index is 2.42. The van der Waals surface area contributed by atoms with E-state index in [0.717, 1.165) is 0 Å². The van der Waals surface area contributed by atoms with Crippen molar-refractivity contribution in [1.29, 1.82) is 0 Å². The number of nitrogens with one attached hydrogen (secondary N) is 1. The highest BCUT2D eigenvalue weighted by Crippen LogP contribution is 2.30. The molecule has 0 fully saturated rings. The van der Waals surface area contributed by atoms with Gasteiger partial charge in [0.15, 0.2) is 0 Å². The summed E-state index contributed by atoms with van der Waals surface area (Å²) >= 11 is 15.1. The van der Waals surface area contributed by atoms with Crippen LogP contribution in [0.2, 0.25) is 10.0 Å². The second-order valence-corrected chi connectivity index (χ2v) is 5.70. The van der Waals surface area contributed by atoms with E-state index in [4.69, 9.17) is 23.2 Å². The standard InChI is InChI=1S/C13H7BrCl2N2O3/c14-7-4-5-8(15)10(6-7)17-13(19)12-9(16)2-1-3-11(12)18(20)21/h1-6H,(H,17,19). The highest BCUT2D eigenvalue weighted by atomic mass is 79.9. The molecule has 108 valence electrons. The SMILES string of the molecule is O=C(Nc1cc(Br)ccc1Cl)c1c(Cl)cccc1[N+](=O)[O-]. The molecule has 2 aromatic carbocycles. The zero-order valence-corrected chi connectivity index (χ0v) is 13.4. The maximum Gasteiger partial charge on any atom is 0.283 e. The van der Waals surface area contributed by atoms with E-state index in [1.165, 1.54) is 18.2 Å². The van der Waals surface area contributed by atoms with Crippen molar-refractivity contribution in [3.8, 4) is 0 Å². The van der Waals surface area contributed by atoms with Gasteiger partial charge >= 0.3 is 0 Å². The molecule has 8 heteroatoms. The summed E-state index contributed by atoms with van der Waals surface area (Å²) in [5, 5.41) is 13.8. The summed E-state index contributed by atoms with van der Waals surface area (Å²) in [6.07, 6.45) is 0. The smallest absolute Gasteiger partial charge is 0.283 e. The van der Waals surface area contributed by atoms with Gasteiger partial charge in [0.25, 0.3) is 11.6 Å². The lowest BCUT2D eigenvalue weighted by molar-refractivity contribution is -0.385. The number of anilines is 1. The molecule has 0 aliphatic heterocycles. The van der Waals surface area contributed by atoms with Gasteiger partial charge in [0, 0.05) is 10.5 Å². The third kappa shape index (κ3) is 3.53. The molecule has 0 saturated heterocycles. The lowest BCUT2D eigenvalue weighted by atomic mass is 10.1. The molecule has 21 heavy (non-hydrogen) atoms. The zero-order chi connectivity index (χ0) is 15.6. The Labute approximate surface area is 138 Å². The Morgan fingerprint density at radius 1 is 1.19 bits per heavy atom. The van der Waals surface area contributed by atoms with E-state index in [-0.39, 0.29) is 16.3 Å². The van der Waals surface area contributed by atoms with E-state index >= 15 is 0 Å². The molecule has 0 radical (unpaired) electrons. The van der Waals surface area contributed by atoms with Crippen LogP contribution < -0.4 is 5.32 Å². The summed E-state index contributed by atoms with van der Waals surface area (Å²) in [4.78, 5) is 22.6. The van der Waals surface area contributed by atoms with E-state index in [2.05, 4.69) is 21.2 Å². The van der Waals surface area contributed by atoms with E-state index in [9.17, 15) is 14.9 Å². The first kappa shape index (κ1) is 15.8. The van der Waals surface area contributed by atoms with Crippen LogP contribution in [0.5, 0.6) is 0 Å². The van der Waals surface area contributed by atoms with Gasteiger partial charge in [0.2, 0.25) is 0 Å². The second kappa shape index (κ2) is 6.43. The summed E-state index contributed by atoms with van der Waals surface area (Å²) in [5.74, 6) is -0.702. The number of benzene rings is 2. The fourth-order valence-corrected chi connectivity index (χ4v) is 2.45. The van der Waals surface area contributed by atoms with Crippen molar-refractivity contribution in [1.82, 2.24) is 0 Å². The van der Waals surface area contributed by atoms with Gasteiger partial charge in [-0.15, -0.1) is 0 Å². The van der Waals surface area contributed by atoms with Crippen molar-refractivity contribution >= 4 is 56.4 Å². The zero-order valence-electron chi connectivity index (χ0n) is 10.3. The number of nitrogens with zero attached hydrogens (tertiary/aromatic N) is 1. The minimum atomic E-state index is -0.702. The molecule has 0 bridgehead atoms. The normalized spacial score (nSPS) is 10.2. The largest absolute Gasteiger partial charge is 0.320 e. The highest BCUT2D eigenvalue weighted by molar-refractivity contribution is 9.10. The van der Waals surface area contributed by atoms with Gasteiger partial charge in [-0.3, -0.25) is 14.9 Å². The molecule has 0 aromatic heterocycles. The van der Waals surface area contributed by atoms with Crippen molar-refractivity contribution in [3.05, 3.63) is 66.6 Å². The average molecular weight is 390 g/mol. The molecule has 2 rings (SSSR count). The van der Waals surface area contributed by atoms with Crippen molar-refractivity contribution in [2.75, 3.05) is 5.32 Å². The van der Waals surface area contributed by atoms with E-state index in [0.29, 0.717) is 15.2 Å². The summed E-state index contributed by atoms with van der Waals surface area (Å²) in [6, 6.07) is 8.90. The van der Waals surface area contributed by atoms with Crippen LogP contribution in [-0.2, 0) is 0 Å². The molecule has 0 spiro atoms. The molecule has 1 N–H and O–H groups in total. The Bertz CT molecular complexity index is 737. The average Bonchev–Trinajstić information content (AvgIpc) is 2.42. The number of nitro benzene ring substituents is 1. The van der Waals surface area contributed by atoms with Crippen molar-refractivity contribution in [2.24, 2.45) is 0 Å². The van der Waals surface area contributed by atoms with Gasteiger partial charge in [-0.1, -0.05) is 45.2 Å². The molecule has 0 saturated carbocycles. The van der Waals surface area contributed by atoms with Gasteiger partial charge in [0.05, 0.1) is 20.7 Å². The van der Waals surface area contributed by atoms with E-state index < -0.39 is 10.8 Å². The Morgan fingerprint density at radius 2 is 1.90 bits per heavy atom. The molecule has 0 atom stereocenters. The number of rotatable bonds is 3. The van der Waals surface area contributed by atoms with Crippen LogP contribution in [0, 0.1) is 10.1 Å². The van der Waals surface area contributed by atoms with Gasteiger partial charge < -0.3 is 5.32 Å². The highest BCUT2D eigenvalue weighted by Gasteiger charge is 2.23. The predicted octanol–water partition coefficient (Wildman–Crippen LogP) is 4.92. The van der Waals surface area contributed by atoms with E-state index in [1.807, 2.05) is 0 Å². The monoisotopic (exact) mass is 388 g/mol. The molecule has 0 aliphatic rings. The maximum atomic E-state index is 12.2. The Morgan fingerprint density at radius 3 is 2.57 bits per heavy atom. The minimum absolute atomic E-state index is 0.00665. The molecule has 0 unspecified atom stereocenters. The molecule has 5 nitrogen and oxygen atoms in total. The van der Waals surface area contributed by atoms with Crippen LogP contribution in [0.4, 0.5) is 11.4 Å². The van der Waals surface area contributed by atoms with Gasteiger partial charge in [-0.25, -0.2) is 0 Å². The van der Waals surface area contributed by atoms with Crippen LogP contribution in [0.15, 0.2) is 40.9 Å². The Hall–Kier alpha value is -1.63. The summed E-state index contributed by atoms with van der Waals surface area (Å²) in [6.45, 7) is 0. The fourth-order valence-electron chi connectivity index (χ4n) is 1.67. The lowest BCUT2D eigenvalue weighted by Gasteiger charge is -2.09. The number of halogens is 3. The molecular formula is C13H7BrCl2N2O3. The van der Waals surface area contributed by atoms with E-state index in [1.54, 1.807) is 18.2 Å². The topological polar surface area (TPSA) is 72.2 Å². The first-order valence-electron chi connectivity index (χ1n) is 5.59. The third-order valence-corrected chi connectivity index (χ3v) is 3.73. The third-order valence-electron chi connectivity index (χ3n) is 2.59. The van der Waals surface area contributed by atoms with Gasteiger partial charge in [0.1, 0.15) is 5.56 Å². The van der Waals surface area contributed by atoms with Crippen LogP contribution in [-0.4, -0.2) is 10.8 Å². The van der Waals surface area contributed by atoms with Crippen LogP contribution >= 0.6 is 39.1 Å². The van der Waals surface area contributed by atoms with Crippen molar-refractivity contribution in [3.63, 3.8) is 0 Å². The van der Waals surface area contributed by atoms with Crippen LogP contribution in [0.25, 0.3) is 0 Å². The maximum absolute atomic E-state index is 12.2. The number of nitro groups is 1. The number of carbonyl (C=O) groups excluding carboxylic acids is 1. The molecule has 1 amide bonds. The van der Waals surface area contributed by atoms with Gasteiger partial charge in [-0.05, 0) is 24.3 Å². The van der Waals surface area contributed by atoms with Crippen LogP contribution in [0.1, 0.15) is 10.4 Å². The molecule has 2 aromatic rings. The predicted molar refractivity (Wildman–Crippen MR) is 85.2 cm³/mol. The lowest BCUT2D eigenvalue weighted by Crippen LogP contribution is -2.15. The van der Waals surface area contributed by atoms with Crippen LogP contribution in [0.3, 0.4) is 0 Å². The van der Waals surface area contributed by atoms with Gasteiger partial charge in [-0.2, -0.15) is 0 Å². The number of carbonyl (C=O) groups is 1. The fraction of sp³-hybridized carbons (Fsp3) is 0. The van der Waals surface area contributed by atoms with Crippen molar-refractivity contribution in [2.45, 2.75) is 0 Å². The number of amides is 1. The number of hydrogen-bond acceptors (Lipinski definition) is 3. The molecule has 0 aliphatic carbocycles. The van der Waals surface area contributed by atoms with Crippen molar-refractivity contribution < 1.29 is 9.72 Å². The number of hydrogen-bond donors (Lipinski definition) is 1. The second-order valence-electron chi connectivity index (χ2n) is 3.97. The molecular weight excluding hydrogens is 383 g/mol. The summed E-state index contributed by atoms with van der Waals surface area (Å²) in [7, 11) is 0. The minimum Gasteiger partial charge on any atom is -0.320 e. The molecule has 0 heterocycles.